The van der Waals surface area contributed by atoms with Crippen molar-refractivity contribution in [1.82, 2.24) is 4.90 Å². The maximum Gasteiger partial charge on any atom is 0.305 e. The summed E-state index contributed by atoms with van der Waals surface area (Å²) < 4.78 is 11.2. The molecule has 0 aromatic rings. The summed E-state index contributed by atoms with van der Waals surface area (Å²) in [4.78, 5) is 35.0. The normalized spacial score (nSPS) is 11.3. The van der Waals surface area contributed by atoms with Gasteiger partial charge in [-0.1, -0.05) is 195 Å². The van der Waals surface area contributed by atoms with Crippen LogP contribution in [0, 0.1) is 17.8 Å². The Labute approximate surface area is 369 Å². The van der Waals surface area contributed by atoms with Gasteiger partial charge in [0.2, 0.25) is 0 Å². The van der Waals surface area contributed by atoms with Gasteiger partial charge in [-0.15, -0.1) is 0 Å². The van der Waals surface area contributed by atoms with Gasteiger partial charge in [-0.2, -0.15) is 0 Å². The fourth-order valence-electron chi connectivity index (χ4n) is 8.15. The van der Waals surface area contributed by atoms with E-state index in [0.717, 1.165) is 63.4 Å². The van der Waals surface area contributed by atoms with E-state index in [-0.39, 0.29) is 11.9 Å². The number of esters is 2. The van der Waals surface area contributed by atoms with Crippen molar-refractivity contribution in [2.45, 2.75) is 266 Å². The predicted octanol–water partition coefficient (Wildman–Crippen LogP) is 15.0. The van der Waals surface area contributed by atoms with Crippen LogP contribution in [0.2, 0.25) is 0 Å². The van der Waals surface area contributed by atoms with Gasteiger partial charge < -0.3 is 24.3 Å². The molecule has 0 aliphatic heterocycles. The Balaban J connectivity index is -0.00000758. The standard InChI is InChI=1S/C50H99NO4.CH4O.CH2O/c1-8-12-31-47(32-13-9-2)40-43-54-49(52)38-28-24-20-16-18-22-26-35-46(37-30-42-51(7)45(5)6)36-27-23-19-17-21-25-29-39-50(53)55-44-41-48(33-14-10-3)34-15-11-4;2*1-2/h45-48H,8-44H2,1-7H3;2H,1H3;1H2. The van der Waals surface area contributed by atoms with Gasteiger partial charge >= 0.3 is 11.9 Å². The molecule has 0 fully saturated rings. The first kappa shape index (κ1) is 61.8. The van der Waals surface area contributed by atoms with Crippen LogP contribution in [0.3, 0.4) is 0 Å². The number of unbranched alkanes of at least 4 members (excludes halogenated alkanes) is 16. The number of carbonyl (C=O) groups is 3. The van der Waals surface area contributed by atoms with Crippen molar-refractivity contribution in [1.29, 1.82) is 0 Å². The minimum absolute atomic E-state index is 0.0172. The van der Waals surface area contributed by atoms with Crippen LogP contribution < -0.4 is 0 Å². The molecule has 354 valence electrons. The lowest BCUT2D eigenvalue weighted by Gasteiger charge is -2.23. The number of nitrogens with zero attached hydrogens (tertiary/aromatic N) is 1. The predicted molar refractivity (Wildman–Crippen MR) is 255 cm³/mol. The summed E-state index contributed by atoms with van der Waals surface area (Å²) in [6.45, 7) is 18.1. The van der Waals surface area contributed by atoms with Gasteiger partial charge in [0.1, 0.15) is 6.79 Å². The summed E-state index contributed by atoms with van der Waals surface area (Å²) in [5.41, 5.74) is 0. The van der Waals surface area contributed by atoms with E-state index < -0.39 is 0 Å². The minimum Gasteiger partial charge on any atom is -0.466 e. The van der Waals surface area contributed by atoms with E-state index in [1.54, 1.807) is 0 Å². The Morgan fingerprint density at radius 3 is 1.03 bits per heavy atom. The third-order valence-corrected chi connectivity index (χ3v) is 12.4. The Bertz CT molecular complexity index is 766. The second-order valence-corrected chi connectivity index (χ2v) is 17.9. The van der Waals surface area contributed by atoms with Crippen LogP contribution in [0.25, 0.3) is 0 Å². The van der Waals surface area contributed by atoms with Gasteiger partial charge in [0.25, 0.3) is 0 Å². The van der Waals surface area contributed by atoms with Crippen molar-refractivity contribution in [3.8, 4) is 0 Å². The first-order valence-corrected chi connectivity index (χ1v) is 25.5. The molecule has 0 spiro atoms. The SMILES string of the molecule is C=O.CCCCC(CCCC)CCOC(=O)CCCCCCCCCC(CCCCCCCCCC(=O)OCCC(CCCC)CCCC)CCCN(C)C(C)C.CO. The molecule has 0 unspecified atom stereocenters. The molecule has 0 heterocycles. The van der Waals surface area contributed by atoms with Crippen molar-refractivity contribution >= 4 is 18.7 Å². The van der Waals surface area contributed by atoms with Crippen molar-refractivity contribution < 1.29 is 29.0 Å². The summed E-state index contributed by atoms with van der Waals surface area (Å²) in [7, 11) is 3.27. The van der Waals surface area contributed by atoms with Gasteiger partial charge in [-0.05, 0) is 83.7 Å². The highest BCUT2D eigenvalue weighted by Crippen LogP contribution is 2.25. The van der Waals surface area contributed by atoms with Gasteiger partial charge in [-0.25, -0.2) is 0 Å². The zero-order chi connectivity index (χ0) is 44.6. The quantitative estimate of drug-likeness (QED) is 0.0483. The highest BCUT2D eigenvalue weighted by molar-refractivity contribution is 5.69. The highest BCUT2D eigenvalue weighted by Gasteiger charge is 2.13. The van der Waals surface area contributed by atoms with Crippen LogP contribution in [0.1, 0.15) is 260 Å². The minimum atomic E-state index is 0.0172. The molecule has 0 bridgehead atoms. The number of aliphatic hydroxyl groups is 1. The fourth-order valence-corrected chi connectivity index (χ4v) is 8.15. The number of carbonyl (C=O) groups excluding carboxylic acids is 3. The van der Waals surface area contributed by atoms with Gasteiger partial charge in [0.05, 0.1) is 13.2 Å². The number of rotatable bonds is 43. The third-order valence-electron chi connectivity index (χ3n) is 12.4. The topological polar surface area (TPSA) is 93.1 Å². The summed E-state index contributed by atoms with van der Waals surface area (Å²) in [5, 5.41) is 7.00. The molecular weight excluding hydrogens is 735 g/mol. The third kappa shape index (κ3) is 45.9. The van der Waals surface area contributed by atoms with E-state index in [2.05, 4.69) is 53.5 Å². The van der Waals surface area contributed by atoms with E-state index in [1.807, 2.05) is 6.79 Å². The van der Waals surface area contributed by atoms with Crippen LogP contribution in [0.5, 0.6) is 0 Å². The number of hydrogen-bond acceptors (Lipinski definition) is 7. The van der Waals surface area contributed by atoms with Crippen molar-refractivity contribution in [3.05, 3.63) is 0 Å². The van der Waals surface area contributed by atoms with Gasteiger partial charge in [0, 0.05) is 26.0 Å². The molecule has 0 atom stereocenters. The summed E-state index contributed by atoms with van der Waals surface area (Å²) in [6.07, 6.45) is 41.6. The Kier molecular flexibility index (Phi) is 53.3. The average Bonchev–Trinajstić information content (AvgIpc) is 3.24. The Morgan fingerprint density at radius 1 is 0.441 bits per heavy atom. The second-order valence-electron chi connectivity index (χ2n) is 17.9. The van der Waals surface area contributed by atoms with Crippen molar-refractivity contribution in [2.24, 2.45) is 17.8 Å². The van der Waals surface area contributed by atoms with Crippen molar-refractivity contribution in [3.63, 3.8) is 0 Å². The molecular formula is C52H105NO6. The van der Waals surface area contributed by atoms with Gasteiger partial charge in [-0.3, -0.25) is 9.59 Å². The molecule has 0 aliphatic carbocycles. The van der Waals surface area contributed by atoms with E-state index in [0.29, 0.717) is 32.1 Å². The Hall–Kier alpha value is -1.47. The monoisotopic (exact) mass is 840 g/mol. The van der Waals surface area contributed by atoms with E-state index in [4.69, 9.17) is 19.4 Å². The van der Waals surface area contributed by atoms with E-state index in [9.17, 15) is 9.59 Å². The molecule has 0 saturated carbocycles. The first-order chi connectivity index (χ1) is 28.8. The van der Waals surface area contributed by atoms with Gasteiger partial charge in [0.15, 0.2) is 0 Å². The van der Waals surface area contributed by atoms with Crippen LogP contribution in [0.4, 0.5) is 0 Å². The largest absolute Gasteiger partial charge is 0.466 e. The smallest absolute Gasteiger partial charge is 0.305 e. The molecule has 7 nitrogen and oxygen atoms in total. The average molecular weight is 840 g/mol. The Morgan fingerprint density at radius 2 is 0.712 bits per heavy atom. The molecule has 0 saturated heterocycles. The van der Waals surface area contributed by atoms with Crippen LogP contribution in [-0.2, 0) is 23.9 Å². The zero-order valence-corrected chi connectivity index (χ0v) is 41.1. The first-order valence-electron chi connectivity index (χ1n) is 25.5. The van der Waals surface area contributed by atoms with E-state index >= 15 is 0 Å². The molecule has 0 amide bonds. The molecule has 0 radical (unpaired) electrons. The maximum absolute atomic E-state index is 12.3. The maximum atomic E-state index is 12.3. The molecule has 0 aromatic heterocycles. The summed E-state index contributed by atoms with van der Waals surface area (Å²) >= 11 is 0. The fraction of sp³-hybridized carbons (Fsp3) is 0.942. The lowest BCUT2D eigenvalue weighted by molar-refractivity contribution is -0.145. The number of aliphatic hydroxyl groups excluding tert-OH is 1. The molecule has 7 heteroatoms. The molecule has 0 aliphatic rings. The zero-order valence-electron chi connectivity index (χ0n) is 41.1. The molecule has 0 aromatic carbocycles. The number of hydrogen-bond donors (Lipinski definition) is 1. The molecule has 0 rings (SSSR count). The lowest BCUT2D eigenvalue weighted by atomic mass is 9.90. The lowest BCUT2D eigenvalue weighted by Crippen LogP contribution is -2.27. The van der Waals surface area contributed by atoms with Crippen LogP contribution in [0.15, 0.2) is 0 Å². The highest BCUT2D eigenvalue weighted by atomic mass is 16.5. The second kappa shape index (κ2) is 50.9. The van der Waals surface area contributed by atoms with Crippen LogP contribution >= 0.6 is 0 Å². The summed E-state index contributed by atoms with van der Waals surface area (Å²) in [6, 6.07) is 0.626. The van der Waals surface area contributed by atoms with Crippen LogP contribution in [-0.4, -0.2) is 68.7 Å². The van der Waals surface area contributed by atoms with Crippen molar-refractivity contribution in [2.75, 3.05) is 33.9 Å². The molecule has 59 heavy (non-hydrogen) atoms. The summed E-state index contributed by atoms with van der Waals surface area (Å²) in [5.74, 6) is 2.36. The number of ether oxygens (including phenoxy) is 2. The molecule has 1 N–H and O–H groups in total. The van der Waals surface area contributed by atoms with E-state index in [1.165, 1.54) is 173 Å².